The van der Waals surface area contributed by atoms with Gasteiger partial charge in [0.05, 0.1) is 36.5 Å². The molecule has 214 valence electrons. The van der Waals surface area contributed by atoms with Crippen LogP contribution in [0.5, 0.6) is 5.75 Å². The lowest BCUT2D eigenvalue weighted by Crippen LogP contribution is -2.32. The second kappa shape index (κ2) is 12.5. The lowest BCUT2D eigenvalue weighted by Gasteiger charge is -2.22. The van der Waals surface area contributed by atoms with Crippen molar-refractivity contribution in [3.8, 4) is 22.9 Å². The molecule has 0 saturated heterocycles. The van der Waals surface area contributed by atoms with E-state index in [1.807, 2.05) is 0 Å². The van der Waals surface area contributed by atoms with E-state index in [2.05, 4.69) is 0 Å². The average molecular weight is 593 g/mol. The number of benzene rings is 3. The van der Waals surface area contributed by atoms with E-state index in [1.165, 1.54) is 49.1 Å². The van der Waals surface area contributed by atoms with E-state index in [1.54, 1.807) is 42.5 Å². The summed E-state index contributed by atoms with van der Waals surface area (Å²) in [5, 5.41) is 9.44. The Morgan fingerprint density at radius 2 is 1.71 bits per heavy atom. The maximum atomic E-state index is 13.7. The number of alkyl halides is 3. The number of halogens is 4. The molecule has 10 heteroatoms. The van der Waals surface area contributed by atoms with Crippen molar-refractivity contribution in [3.05, 3.63) is 122 Å². The zero-order valence-electron chi connectivity index (χ0n) is 22.5. The summed E-state index contributed by atoms with van der Waals surface area (Å²) >= 11 is 6.19. The molecule has 0 aliphatic heterocycles. The third-order valence-electron chi connectivity index (χ3n) is 6.78. The van der Waals surface area contributed by atoms with Crippen molar-refractivity contribution in [1.82, 2.24) is 4.57 Å². The predicted molar refractivity (Wildman–Crippen MR) is 152 cm³/mol. The minimum absolute atomic E-state index is 0.0473. The molecule has 0 fully saturated rings. The lowest BCUT2D eigenvalue weighted by molar-refractivity contribution is -0.138. The van der Waals surface area contributed by atoms with Crippen molar-refractivity contribution in [2.45, 2.75) is 32.0 Å². The molecule has 1 aromatic heterocycles. The van der Waals surface area contributed by atoms with Crippen LogP contribution in [0.15, 0.2) is 83.8 Å². The molecule has 0 radical (unpaired) electrons. The van der Waals surface area contributed by atoms with Gasteiger partial charge in [0, 0.05) is 35.1 Å². The Balaban J connectivity index is 1.82. The Hall–Kier alpha value is -4.68. The van der Waals surface area contributed by atoms with Crippen LogP contribution in [0.25, 0.3) is 11.1 Å². The predicted octanol–water partition coefficient (Wildman–Crippen LogP) is 6.87. The summed E-state index contributed by atoms with van der Waals surface area (Å²) in [6.45, 7) is 1.38. The number of ether oxygens (including phenoxy) is 1. The van der Waals surface area contributed by atoms with Crippen molar-refractivity contribution in [2.24, 2.45) is 0 Å². The minimum atomic E-state index is -4.78. The molecule has 4 aromatic rings. The van der Waals surface area contributed by atoms with E-state index in [0.29, 0.717) is 21.7 Å². The van der Waals surface area contributed by atoms with Crippen molar-refractivity contribution in [3.63, 3.8) is 0 Å². The van der Waals surface area contributed by atoms with E-state index in [4.69, 9.17) is 21.6 Å². The van der Waals surface area contributed by atoms with E-state index < -0.39 is 41.1 Å². The first kappa shape index (κ1) is 30.3. The molecule has 1 atom stereocenters. The largest absolute Gasteiger partial charge is 0.495 e. The topological polar surface area (TPSA) is 89.2 Å². The molecule has 0 aliphatic carbocycles. The molecule has 0 spiro atoms. The van der Waals surface area contributed by atoms with Gasteiger partial charge in [-0.2, -0.15) is 18.4 Å². The second-order valence-electron chi connectivity index (χ2n) is 9.59. The average Bonchev–Trinajstić information content (AvgIpc) is 2.95. The fraction of sp³-hybridized carbons (Fsp3) is 0.188. The number of nitrogens with zero attached hydrogens (tertiary/aromatic N) is 2. The Morgan fingerprint density at radius 1 is 1.00 bits per heavy atom. The quantitative estimate of drug-likeness (QED) is 0.198. The molecule has 0 saturated carbocycles. The van der Waals surface area contributed by atoms with Gasteiger partial charge in [0.2, 0.25) is 0 Å². The second-order valence-corrected chi connectivity index (χ2v) is 10.0. The number of aromatic nitrogens is 1. The fourth-order valence-electron chi connectivity index (χ4n) is 4.75. The van der Waals surface area contributed by atoms with Crippen LogP contribution in [0.3, 0.4) is 0 Å². The SMILES string of the molecule is COc1cn(C(Cc2ccccc2)C(=O)Cc2ccc(C#N)c(C(F)(F)F)c2)c(=O)cc1-c1cc(Cl)ccc1C(C)=O. The number of carbonyl (C=O) groups excluding carboxylic acids is 2. The van der Waals surface area contributed by atoms with E-state index >= 15 is 0 Å². The third kappa shape index (κ3) is 6.61. The van der Waals surface area contributed by atoms with Crippen LogP contribution in [-0.4, -0.2) is 23.2 Å². The van der Waals surface area contributed by atoms with Crippen molar-refractivity contribution in [1.29, 1.82) is 5.26 Å². The summed E-state index contributed by atoms with van der Waals surface area (Å²) in [4.78, 5) is 39.6. The Kier molecular flexibility index (Phi) is 8.98. The number of hydrogen-bond acceptors (Lipinski definition) is 5. The lowest BCUT2D eigenvalue weighted by atomic mass is 9.94. The smallest absolute Gasteiger partial charge is 0.417 e. The standard InChI is InChI=1S/C32H24ClF3N2O4/c1-19(39)24-11-10-23(33)15-25(24)26-16-31(41)38(18-30(26)42-2)28(13-20-6-4-3-5-7-20)29(40)14-21-8-9-22(17-37)27(12-21)32(34,35)36/h3-12,15-16,18,28H,13-14H2,1-2H3. The van der Waals surface area contributed by atoms with Gasteiger partial charge in [-0.05, 0) is 53.9 Å². The Morgan fingerprint density at radius 3 is 2.33 bits per heavy atom. The zero-order valence-corrected chi connectivity index (χ0v) is 23.3. The van der Waals surface area contributed by atoms with Crippen LogP contribution < -0.4 is 10.3 Å². The molecule has 3 aromatic carbocycles. The van der Waals surface area contributed by atoms with Gasteiger partial charge in [-0.1, -0.05) is 48.0 Å². The number of hydrogen-bond donors (Lipinski definition) is 0. The van der Waals surface area contributed by atoms with Crippen LogP contribution in [0.4, 0.5) is 13.2 Å². The van der Waals surface area contributed by atoms with Gasteiger partial charge in [0.25, 0.3) is 5.56 Å². The highest BCUT2D eigenvalue weighted by Gasteiger charge is 2.34. The molecular formula is C32H24ClF3N2O4. The summed E-state index contributed by atoms with van der Waals surface area (Å²) in [5.41, 5.74) is -0.540. The normalized spacial score (nSPS) is 11.9. The minimum Gasteiger partial charge on any atom is -0.495 e. The molecule has 0 N–H and O–H groups in total. The van der Waals surface area contributed by atoms with Crippen molar-refractivity contribution < 1.29 is 27.5 Å². The molecule has 0 bridgehead atoms. The van der Waals surface area contributed by atoms with Gasteiger partial charge in [-0.15, -0.1) is 0 Å². The van der Waals surface area contributed by atoms with Crippen LogP contribution in [0.1, 0.15) is 45.6 Å². The number of pyridine rings is 1. The van der Waals surface area contributed by atoms with Crippen molar-refractivity contribution >= 4 is 23.2 Å². The highest BCUT2D eigenvalue weighted by molar-refractivity contribution is 6.31. The molecule has 0 aliphatic rings. The van der Waals surface area contributed by atoms with E-state index in [9.17, 15) is 27.6 Å². The summed E-state index contributed by atoms with van der Waals surface area (Å²) in [5.74, 6) is -0.602. The van der Waals surface area contributed by atoms with Crippen LogP contribution >= 0.6 is 11.6 Å². The highest BCUT2D eigenvalue weighted by Crippen LogP contribution is 2.35. The zero-order chi connectivity index (χ0) is 30.6. The molecular weight excluding hydrogens is 569 g/mol. The molecule has 0 amide bonds. The number of methoxy groups -OCH3 is 1. The van der Waals surface area contributed by atoms with Crippen molar-refractivity contribution in [2.75, 3.05) is 7.11 Å². The van der Waals surface area contributed by atoms with Crippen LogP contribution in [0, 0.1) is 11.3 Å². The summed E-state index contributed by atoms with van der Waals surface area (Å²) < 4.78 is 47.4. The maximum absolute atomic E-state index is 13.7. The van der Waals surface area contributed by atoms with Gasteiger partial charge in [0.15, 0.2) is 11.6 Å². The summed E-state index contributed by atoms with van der Waals surface area (Å²) in [7, 11) is 1.37. The fourth-order valence-corrected chi connectivity index (χ4v) is 4.92. The number of rotatable bonds is 9. The summed E-state index contributed by atoms with van der Waals surface area (Å²) in [6.07, 6.45) is -3.79. The first-order valence-corrected chi connectivity index (χ1v) is 13.1. The van der Waals surface area contributed by atoms with Crippen LogP contribution in [-0.2, 0) is 23.8 Å². The van der Waals surface area contributed by atoms with Gasteiger partial charge in [-0.3, -0.25) is 14.4 Å². The van der Waals surface area contributed by atoms with E-state index in [-0.39, 0.29) is 23.5 Å². The Labute approximate surface area is 244 Å². The van der Waals surface area contributed by atoms with Crippen LogP contribution in [0.2, 0.25) is 5.02 Å². The monoisotopic (exact) mass is 592 g/mol. The van der Waals surface area contributed by atoms with Gasteiger partial charge in [0.1, 0.15) is 5.75 Å². The number of Topliss-reactive ketones (excluding diaryl/α,β-unsaturated/α-hetero) is 2. The molecule has 1 unspecified atom stereocenters. The molecule has 42 heavy (non-hydrogen) atoms. The van der Waals surface area contributed by atoms with Gasteiger partial charge >= 0.3 is 6.18 Å². The Bertz CT molecular complexity index is 1760. The first-order valence-electron chi connectivity index (χ1n) is 12.7. The number of ketones is 2. The maximum Gasteiger partial charge on any atom is 0.417 e. The van der Waals surface area contributed by atoms with Gasteiger partial charge in [-0.25, -0.2) is 0 Å². The first-order chi connectivity index (χ1) is 19.9. The third-order valence-corrected chi connectivity index (χ3v) is 7.02. The molecule has 1 heterocycles. The highest BCUT2D eigenvalue weighted by atomic mass is 35.5. The van der Waals surface area contributed by atoms with E-state index in [0.717, 1.165) is 17.7 Å². The molecule has 6 nitrogen and oxygen atoms in total. The van der Waals surface area contributed by atoms with Gasteiger partial charge < -0.3 is 9.30 Å². The number of carbonyl (C=O) groups is 2. The number of nitriles is 1. The molecule has 4 rings (SSSR count). The summed E-state index contributed by atoms with van der Waals surface area (Å²) in [6, 6.07) is 18.2.